The van der Waals surface area contributed by atoms with Gasteiger partial charge in [0.1, 0.15) is 0 Å². The van der Waals surface area contributed by atoms with Crippen molar-refractivity contribution in [1.29, 1.82) is 0 Å². The van der Waals surface area contributed by atoms with Gasteiger partial charge in [0.2, 0.25) is 0 Å². The van der Waals surface area contributed by atoms with Gasteiger partial charge in [-0.2, -0.15) is 0 Å². The SMILES string of the molecule is Cc1cc(-c2ccc(-c3ccccc3Nc3ccccc3C34CCCC(CC(C)C3)C4)c3ccccc23)ccc1C1=CC=CCC1. The molecular weight excluding hydrogens is 555 g/mol. The van der Waals surface area contributed by atoms with E-state index in [-0.39, 0.29) is 0 Å². The maximum atomic E-state index is 4.00. The van der Waals surface area contributed by atoms with E-state index in [2.05, 4.69) is 141 Å². The number of allylic oxidation sites excluding steroid dienone is 4. The largest absolute Gasteiger partial charge is 0.355 e. The van der Waals surface area contributed by atoms with Crippen molar-refractivity contribution in [1.82, 2.24) is 0 Å². The molecule has 2 bridgehead atoms. The van der Waals surface area contributed by atoms with E-state index < -0.39 is 0 Å². The number of anilines is 2. The molecule has 0 spiro atoms. The van der Waals surface area contributed by atoms with Crippen LogP contribution in [0.3, 0.4) is 0 Å². The molecule has 3 unspecified atom stereocenters. The molecule has 46 heavy (non-hydrogen) atoms. The summed E-state index contributed by atoms with van der Waals surface area (Å²) in [6.45, 7) is 4.74. The third-order valence-electron chi connectivity index (χ3n) is 11.2. The molecule has 1 heteroatoms. The molecule has 2 saturated carbocycles. The number of hydrogen-bond acceptors (Lipinski definition) is 1. The highest BCUT2D eigenvalue weighted by atomic mass is 14.9. The maximum Gasteiger partial charge on any atom is 0.0464 e. The molecule has 3 aliphatic rings. The Balaban J connectivity index is 1.18. The number of hydrogen-bond donors (Lipinski definition) is 1. The molecule has 5 aromatic carbocycles. The van der Waals surface area contributed by atoms with E-state index in [9.17, 15) is 0 Å². The van der Waals surface area contributed by atoms with Gasteiger partial charge in [-0.3, -0.25) is 0 Å². The van der Waals surface area contributed by atoms with Crippen LogP contribution in [0.5, 0.6) is 0 Å². The maximum absolute atomic E-state index is 4.00. The van der Waals surface area contributed by atoms with Crippen LogP contribution in [0.1, 0.15) is 75.0 Å². The van der Waals surface area contributed by atoms with Crippen LogP contribution < -0.4 is 5.32 Å². The van der Waals surface area contributed by atoms with Gasteiger partial charge in [0.15, 0.2) is 0 Å². The average molecular weight is 600 g/mol. The lowest BCUT2D eigenvalue weighted by molar-refractivity contribution is 0.111. The third kappa shape index (κ3) is 5.30. The summed E-state index contributed by atoms with van der Waals surface area (Å²) in [5.41, 5.74) is 13.5. The van der Waals surface area contributed by atoms with Gasteiger partial charge in [-0.25, -0.2) is 0 Å². The molecule has 0 heterocycles. The monoisotopic (exact) mass is 599 g/mol. The Morgan fingerprint density at radius 2 is 1.46 bits per heavy atom. The first-order valence-corrected chi connectivity index (χ1v) is 17.5. The van der Waals surface area contributed by atoms with E-state index in [1.165, 1.54) is 105 Å². The number of nitrogens with one attached hydrogen (secondary N) is 1. The summed E-state index contributed by atoms with van der Waals surface area (Å²) in [6.07, 6.45) is 17.1. The molecule has 1 nitrogen and oxygen atoms in total. The topological polar surface area (TPSA) is 12.0 Å². The first-order valence-electron chi connectivity index (χ1n) is 17.5. The summed E-state index contributed by atoms with van der Waals surface area (Å²) in [5.74, 6) is 1.68. The highest BCUT2D eigenvalue weighted by Crippen LogP contribution is 2.54. The number of rotatable bonds is 6. The van der Waals surface area contributed by atoms with Gasteiger partial charge in [-0.1, -0.05) is 129 Å². The Hall–Kier alpha value is -4.36. The fraction of sp³-hybridized carbons (Fsp3) is 0.289. The van der Waals surface area contributed by atoms with E-state index in [0.29, 0.717) is 5.41 Å². The molecule has 1 N–H and O–H groups in total. The van der Waals surface area contributed by atoms with E-state index in [4.69, 9.17) is 0 Å². The Kier molecular flexibility index (Phi) is 7.65. The Bertz CT molecular complexity index is 1970. The molecule has 2 fully saturated rings. The van der Waals surface area contributed by atoms with Gasteiger partial charge in [0.05, 0.1) is 0 Å². The van der Waals surface area contributed by atoms with Crippen molar-refractivity contribution in [2.45, 2.75) is 70.6 Å². The van der Waals surface area contributed by atoms with Crippen LogP contribution in [0.15, 0.2) is 121 Å². The first kappa shape index (κ1) is 29.1. The van der Waals surface area contributed by atoms with Crippen molar-refractivity contribution >= 4 is 27.7 Å². The molecule has 0 saturated heterocycles. The first-order chi connectivity index (χ1) is 22.6. The summed E-state index contributed by atoms with van der Waals surface area (Å²) < 4.78 is 0. The van der Waals surface area contributed by atoms with E-state index in [0.717, 1.165) is 24.7 Å². The van der Waals surface area contributed by atoms with Crippen molar-refractivity contribution in [2.24, 2.45) is 11.8 Å². The van der Waals surface area contributed by atoms with Crippen LogP contribution in [0, 0.1) is 18.8 Å². The van der Waals surface area contributed by atoms with E-state index in [1.807, 2.05) is 0 Å². The zero-order valence-corrected chi connectivity index (χ0v) is 27.4. The van der Waals surface area contributed by atoms with Crippen molar-refractivity contribution in [3.8, 4) is 22.3 Å². The number of para-hydroxylation sites is 2. The predicted molar refractivity (Wildman–Crippen MR) is 198 cm³/mol. The zero-order chi connectivity index (χ0) is 31.1. The van der Waals surface area contributed by atoms with Gasteiger partial charge >= 0.3 is 0 Å². The molecule has 0 aromatic heterocycles. The average Bonchev–Trinajstić information content (AvgIpc) is 3.08. The Morgan fingerprint density at radius 3 is 2.28 bits per heavy atom. The van der Waals surface area contributed by atoms with Gasteiger partial charge in [-0.15, -0.1) is 0 Å². The van der Waals surface area contributed by atoms with Crippen molar-refractivity contribution in [2.75, 3.05) is 5.32 Å². The quantitative estimate of drug-likeness (QED) is 0.205. The second-order valence-corrected chi connectivity index (χ2v) is 14.4. The van der Waals surface area contributed by atoms with Crippen LogP contribution in [0.25, 0.3) is 38.6 Å². The van der Waals surface area contributed by atoms with Crippen LogP contribution >= 0.6 is 0 Å². The summed E-state index contributed by atoms with van der Waals surface area (Å²) in [7, 11) is 0. The van der Waals surface area contributed by atoms with E-state index in [1.54, 1.807) is 0 Å². The predicted octanol–water partition coefficient (Wildman–Crippen LogP) is 12.8. The summed E-state index contributed by atoms with van der Waals surface area (Å²) in [4.78, 5) is 0. The van der Waals surface area contributed by atoms with Crippen molar-refractivity contribution in [3.63, 3.8) is 0 Å². The number of benzene rings is 5. The van der Waals surface area contributed by atoms with Crippen LogP contribution in [0.2, 0.25) is 0 Å². The second kappa shape index (κ2) is 12.1. The Morgan fingerprint density at radius 1 is 0.717 bits per heavy atom. The molecule has 3 aliphatic carbocycles. The zero-order valence-electron chi connectivity index (χ0n) is 27.4. The van der Waals surface area contributed by atoms with Gasteiger partial charge in [0, 0.05) is 16.9 Å². The molecule has 0 radical (unpaired) electrons. The highest BCUT2D eigenvalue weighted by molar-refractivity contribution is 6.06. The lowest BCUT2D eigenvalue weighted by atomic mass is 9.56. The lowest BCUT2D eigenvalue weighted by Crippen LogP contribution is -2.40. The standard InChI is InChI=1S/C45H45N/c1-31-27-33-13-12-26-45(29-31,30-33)42-19-9-11-21-44(42)46-43-20-10-8-18-41(43)40-25-24-37(38-16-6-7-17-39(38)40)35-22-23-36(32(2)28-35)34-14-4-3-5-15-34/h3-4,6-11,14,16-25,28,31,33,46H,5,12-13,15,26-27,29-30H2,1-2H3. The molecule has 8 rings (SSSR count). The van der Waals surface area contributed by atoms with Crippen molar-refractivity contribution < 1.29 is 0 Å². The molecule has 0 amide bonds. The normalized spacial score (nSPS) is 22.4. The minimum atomic E-state index is 0.297. The molecule has 230 valence electrons. The smallest absolute Gasteiger partial charge is 0.0464 e. The van der Waals surface area contributed by atoms with Gasteiger partial charge in [-0.05, 0) is 125 Å². The van der Waals surface area contributed by atoms with E-state index >= 15 is 0 Å². The molecular formula is C45H45N. The minimum Gasteiger partial charge on any atom is -0.355 e. The fourth-order valence-electron chi connectivity index (χ4n) is 9.38. The molecule has 0 aliphatic heterocycles. The molecule has 5 aromatic rings. The highest BCUT2D eigenvalue weighted by Gasteiger charge is 2.44. The fourth-order valence-corrected chi connectivity index (χ4v) is 9.38. The van der Waals surface area contributed by atoms with Gasteiger partial charge < -0.3 is 5.32 Å². The van der Waals surface area contributed by atoms with Crippen LogP contribution in [-0.4, -0.2) is 0 Å². The van der Waals surface area contributed by atoms with Crippen LogP contribution in [-0.2, 0) is 5.41 Å². The number of aryl methyl sites for hydroxylation is 1. The second-order valence-electron chi connectivity index (χ2n) is 14.4. The lowest BCUT2D eigenvalue weighted by Gasteiger charge is -2.49. The van der Waals surface area contributed by atoms with Crippen LogP contribution in [0.4, 0.5) is 11.4 Å². The summed E-state index contributed by atoms with van der Waals surface area (Å²) in [6, 6.07) is 38.8. The summed E-state index contributed by atoms with van der Waals surface area (Å²) >= 11 is 0. The number of fused-ring (bicyclic) bond motifs is 3. The van der Waals surface area contributed by atoms with Crippen molar-refractivity contribution in [3.05, 3.63) is 138 Å². The summed E-state index contributed by atoms with van der Waals surface area (Å²) in [5, 5.41) is 6.58. The van der Waals surface area contributed by atoms with Gasteiger partial charge in [0.25, 0.3) is 0 Å². The minimum absolute atomic E-state index is 0.297. The molecule has 3 atom stereocenters. The Labute approximate surface area is 275 Å². The third-order valence-corrected chi connectivity index (χ3v) is 11.2.